The third kappa shape index (κ3) is 4.78. The molecule has 0 aromatic heterocycles. The number of ketones is 2. The van der Waals surface area contributed by atoms with Gasteiger partial charge in [-0.1, -0.05) is 25.7 Å². The molecule has 15 heavy (non-hydrogen) atoms. The van der Waals surface area contributed by atoms with E-state index in [2.05, 4.69) is 0 Å². The first-order valence-electron chi connectivity index (χ1n) is 5.86. The van der Waals surface area contributed by atoms with Crippen LogP contribution in [-0.2, 0) is 9.59 Å². The Hall–Kier alpha value is -0.370. The van der Waals surface area contributed by atoms with Crippen LogP contribution in [0.3, 0.4) is 0 Å². The molecule has 1 fully saturated rings. The lowest BCUT2D eigenvalue weighted by molar-refractivity contribution is -0.137. The molecule has 3 heteroatoms. The van der Waals surface area contributed by atoms with E-state index in [4.69, 9.17) is 11.6 Å². The first-order chi connectivity index (χ1) is 7.24. The van der Waals surface area contributed by atoms with Crippen molar-refractivity contribution in [3.8, 4) is 0 Å². The van der Waals surface area contributed by atoms with Gasteiger partial charge in [0, 0.05) is 18.7 Å². The van der Waals surface area contributed by atoms with Crippen LogP contribution < -0.4 is 0 Å². The number of Topliss-reactive ketones (excluding diaryl/α,β-unsaturated/α-hetero) is 2. The summed E-state index contributed by atoms with van der Waals surface area (Å²) >= 11 is 5.51. The topological polar surface area (TPSA) is 34.1 Å². The summed E-state index contributed by atoms with van der Waals surface area (Å²) in [6, 6.07) is 0. The SMILES string of the molecule is O=C(CCCCCl)C(=O)CC1CCCC1. The van der Waals surface area contributed by atoms with Crippen LogP contribution in [0.2, 0.25) is 0 Å². The summed E-state index contributed by atoms with van der Waals surface area (Å²) in [5.41, 5.74) is 0. The normalized spacial score (nSPS) is 16.9. The summed E-state index contributed by atoms with van der Waals surface area (Å²) in [6.45, 7) is 0. The lowest BCUT2D eigenvalue weighted by Crippen LogP contribution is -2.16. The fourth-order valence-electron chi connectivity index (χ4n) is 2.11. The Morgan fingerprint density at radius 3 is 2.33 bits per heavy atom. The van der Waals surface area contributed by atoms with Gasteiger partial charge in [-0.15, -0.1) is 11.6 Å². The van der Waals surface area contributed by atoms with E-state index >= 15 is 0 Å². The Bertz CT molecular complexity index is 220. The van der Waals surface area contributed by atoms with Gasteiger partial charge in [0.1, 0.15) is 0 Å². The van der Waals surface area contributed by atoms with Gasteiger partial charge in [-0.2, -0.15) is 0 Å². The van der Waals surface area contributed by atoms with Gasteiger partial charge < -0.3 is 0 Å². The van der Waals surface area contributed by atoms with E-state index in [-0.39, 0.29) is 11.6 Å². The van der Waals surface area contributed by atoms with Crippen molar-refractivity contribution >= 4 is 23.2 Å². The molecule has 0 atom stereocenters. The molecule has 0 unspecified atom stereocenters. The number of hydrogen-bond acceptors (Lipinski definition) is 2. The number of rotatable bonds is 7. The summed E-state index contributed by atoms with van der Waals surface area (Å²) in [6.07, 6.45) is 7.14. The maximum atomic E-state index is 11.5. The summed E-state index contributed by atoms with van der Waals surface area (Å²) in [5, 5.41) is 0. The number of hydrogen-bond donors (Lipinski definition) is 0. The second kappa shape index (κ2) is 7.00. The van der Waals surface area contributed by atoms with E-state index in [0.29, 0.717) is 24.6 Å². The molecule has 0 heterocycles. The largest absolute Gasteiger partial charge is 0.291 e. The van der Waals surface area contributed by atoms with Gasteiger partial charge in [0.2, 0.25) is 0 Å². The molecule has 2 nitrogen and oxygen atoms in total. The number of alkyl halides is 1. The smallest absolute Gasteiger partial charge is 0.198 e. The molecule has 1 aliphatic carbocycles. The van der Waals surface area contributed by atoms with Gasteiger partial charge >= 0.3 is 0 Å². The Labute approximate surface area is 96.4 Å². The second-order valence-electron chi connectivity index (χ2n) is 4.35. The highest BCUT2D eigenvalue weighted by Crippen LogP contribution is 2.27. The Morgan fingerprint density at radius 2 is 1.73 bits per heavy atom. The lowest BCUT2D eigenvalue weighted by Gasteiger charge is -2.06. The zero-order chi connectivity index (χ0) is 11.1. The van der Waals surface area contributed by atoms with Crippen molar-refractivity contribution in [3.05, 3.63) is 0 Å². The van der Waals surface area contributed by atoms with Crippen LogP contribution >= 0.6 is 11.6 Å². The van der Waals surface area contributed by atoms with Crippen LogP contribution in [-0.4, -0.2) is 17.4 Å². The van der Waals surface area contributed by atoms with E-state index in [9.17, 15) is 9.59 Å². The fourth-order valence-corrected chi connectivity index (χ4v) is 2.30. The van der Waals surface area contributed by atoms with Gasteiger partial charge in [-0.25, -0.2) is 0 Å². The number of unbranched alkanes of at least 4 members (excludes halogenated alkanes) is 1. The quantitative estimate of drug-likeness (QED) is 0.383. The molecule has 0 aromatic rings. The molecule has 0 amide bonds. The van der Waals surface area contributed by atoms with Crippen LogP contribution in [0.4, 0.5) is 0 Å². The maximum Gasteiger partial charge on any atom is 0.198 e. The molecule has 0 N–H and O–H groups in total. The van der Waals surface area contributed by atoms with Crippen molar-refractivity contribution in [1.29, 1.82) is 0 Å². The van der Waals surface area contributed by atoms with Gasteiger partial charge in [-0.3, -0.25) is 9.59 Å². The van der Waals surface area contributed by atoms with E-state index < -0.39 is 0 Å². The van der Waals surface area contributed by atoms with Crippen LogP contribution in [0.25, 0.3) is 0 Å². The van der Waals surface area contributed by atoms with E-state index in [0.717, 1.165) is 25.7 Å². The molecular formula is C12H19ClO2. The molecule has 1 rings (SSSR count). The monoisotopic (exact) mass is 230 g/mol. The number of halogens is 1. The zero-order valence-corrected chi connectivity index (χ0v) is 9.89. The molecule has 0 saturated heterocycles. The molecule has 0 spiro atoms. The second-order valence-corrected chi connectivity index (χ2v) is 4.73. The third-order valence-electron chi connectivity index (χ3n) is 3.05. The highest BCUT2D eigenvalue weighted by atomic mass is 35.5. The van der Waals surface area contributed by atoms with Crippen molar-refractivity contribution in [3.63, 3.8) is 0 Å². The van der Waals surface area contributed by atoms with Crippen molar-refractivity contribution in [2.24, 2.45) is 5.92 Å². The molecule has 0 aliphatic heterocycles. The third-order valence-corrected chi connectivity index (χ3v) is 3.31. The summed E-state index contributed by atoms with van der Waals surface area (Å²) in [4.78, 5) is 22.9. The average molecular weight is 231 g/mol. The van der Waals surface area contributed by atoms with Crippen LogP contribution in [0, 0.1) is 5.92 Å². The van der Waals surface area contributed by atoms with Crippen LogP contribution in [0.1, 0.15) is 51.4 Å². The first kappa shape index (κ1) is 12.7. The molecule has 86 valence electrons. The van der Waals surface area contributed by atoms with Gasteiger partial charge in [0.05, 0.1) is 0 Å². The van der Waals surface area contributed by atoms with E-state index in [1.54, 1.807) is 0 Å². The minimum Gasteiger partial charge on any atom is -0.291 e. The predicted octanol–water partition coefficient (Wildman–Crippen LogP) is 3.11. The van der Waals surface area contributed by atoms with Crippen molar-refractivity contribution in [2.45, 2.75) is 51.4 Å². The molecule has 1 saturated carbocycles. The standard InChI is InChI=1S/C12H19ClO2/c13-8-4-3-7-11(14)12(15)9-10-5-1-2-6-10/h10H,1-9H2. The molecule has 0 aromatic carbocycles. The zero-order valence-electron chi connectivity index (χ0n) is 9.14. The van der Waals surface area contributed by atoms with Crippen LogP contribution in [0.15, 0.2) is 0 Å². The van der Waals surface area contributed by atoms with Gasteiger partial charge in [0.25, 0.3) is 0 Å². The van der Waals surface area contributed by atoms with Crippen LogP contribution in [0.5, 0.6) is 0 Å². The van der Waals surface area contributed by atoms with Crippen molar-refractivity contribution in [2.75, 3.05) is 5.88 Å². The van der Waals surface area contributed by atoms with Crippen molar-refractivity contribution < 1.29 is 9.59 Å². The minimum absolute atomic E-state index is 0.156. The van der Waals surface area contributed by atoms with Gasteiger partial charge in [0.15, 0.2) is 11.6 Å². The van der Waals surface area contributed by atoms with E-state index in [1.807, 2.05) is 0 Å². The highest BCUT2D eigenvalue weighted by molar-refractivity contribution is 6.37. The Morgan fingerprint density at radius 1 is 1.07 bits per heavy atom. The summed E-state index contributed by atoms with van der Waals surface area (Å²) < 4.78 is 0. The van der Waals surface area contributed by atoms with Gasteiger partial charge in [-0.05, 0) is 18.8 Å². The number of carbonyl (C=O) groups is 2. The lowest BCUT2D eigenvalue weighted by atomic mass is 9.97. The molecule has 0 bridgehead atoms. The summed E-state index contributed by atoms with van der Waals surface area (Å²) in [7, 11) is 0. The molecule has 0 radical (unpaired) electrons. The predicted molar refractivity (Wildman–Crippen MR) is 61.2 cm³/mol. The highest BCUT2D eigenvalue weighted by Gasteiger charge is 2.21. The van der Waals surface area contributed by atoms with E-state index in [1.165, 1.54) is 12.8 Å². The summed E-state index contributed by atoms with van der Waals surface area (Å²) in [5.74, 6) is 0.711. The first-order valence-corrected chi connectivity index (χ1v) is 6.39. The fraction of sp³-hybridized carbons (Fsp3) is 0.833. The van der Waals surface area contributed by atoms with Crippen molar-refractivity contribution in [1.82, 2.24) is 0 Å². The Kier molecular flexibility index (Phi) is 5.92. The Balaban J connectivity index is 2.17. The molecule has 1 aliphatic rings. The average Bonchev–Trinajstić information content (AvgIpc) is 2.70. The molecular weight excluding hydrogens is 212 g/mol. The maximum absolute atomic E-state index is 11.5. The number of carbonyl (C=O) groups excluding carboxylic acids is 2. The minimum atomic E-state index is -0.188.